The molecule has 0 aliphatic carbocycles. The van der Waals surface area contributed by atoms with Crippen molar-refractivity contribution in [2.75, 3.05) is 44.3 Å². The number of piperidine rings is 1. The van der Waals surface area contributed by atoms with Crippen molar-refractivity contribution in [3.05, 3.63) is 16.7 Å². The molecule has 20 heavy (non-hydrogen) atoms. The minimum absolute atomic E-state index is 0.268. The predicted octanol–water partition coefficient (Wildman–Crippen LogP) is 1.81. The molecular weight excluding hydrogens is 322 g/mol. The van der Waals surface area contributed by atoms with E-state index in [1.165, 1.54) is 0 Å². The molecule has 2 aliphatic rings. The van der Waals surface area contributed by atoms with Crippen LogP contribution in [0.2, 0.25) is 0 Å². The van der Waals surface area contributed by atoms with Gasteiger partial charge in [-0.3, -0.25) is 0 Å². The van der Waals surface area contributed by atoms with Crippen molar-refractivity contribution in [3.8, 4) is 5.88 Å². The van der Waals surface area contributed by atoms with Gasteiger partial charge in [-0.15, -0.1) is 0 Å². The highest BCUT2D eigenvalue weighted by Gasteiger charge is 2.21. The van der Waals surface area contributed by atoms with Gasteiger partial charge >= 0.3 is 0 Å². The zero-order valence-electron chi connectivity index (χ0n) is 11.5. The fourth-order valence-electron chi connectivity index (χ4n) is 2.61. The summed E-state index contributed by atoms with van der Waals surface area (Å²) in [6.45, 7) is 5.35. The number of morpholine rings is 1. The minimum atomic E-state index is 0.268. The van der Waals surface area contributed by atoms with Crippen LogP contribution in [0.5, 0.6) is 5.88 Å². The number of ether oxygens (including phenoxy) is 2. The Labute approximate surface area is 127 Å². The van der Waals surface area contributed by atoms with Crippen molar-refractivity contribution in [2.45, 2.75) is 18.9 Å². The van der Waals surface area contributed by atoms with E-state index in [4.69, 9.17) is 9.47 Å². The van der Waals surface area contributed by atoms with Crippen LogP contribution in [-0.2, 0) is 4.74 Å². The van der Waals surface area contributed by atoms with Crippen LogP contribution < -0.4 is 15.0 Å². The predicted molar refractivity (Wildman–Crippen MR) is 81.5 cm³/mol. The summed E-state index contributed by atoms with van der Waals surface area (Å²) in [6, 6.07) is 2.09. The number of halogens is 1. The Balaban J connectivity index is 1.77. The molecule has 0 bridgehead atoms. The van der Waals surface area contributed by atoms with Gasteiger partial charge in [0.05, 0.1) is 13.2 Å². The van der Waals surface area contributed by atoms with E-state index in [1.807, 2.05) is 0 Å². The molecule has 0 radical (unpaired) electrons. The van der Waals surface area contributed by atoms with Crippen molar-refractivity contribution >= 4 is 21.6 Å². The van der Waals surface area contributed by atoms with Crippen molar-refractivity contribution in [2.24, 2.45) is 0 Å². The van der Waals surface area contributed by atoms with Crippen LogP contribution in [0.1, 0.15) is 12.8 Å². The van der Waals surface area contributed by atoms with Gasteiger partial charge in [0.15, 0.2) is 0 Å². The van der Waals surface area contributed by atoms with Crippen molar-refractivity contribution in [1.82, 2.24) is 10.3 Å². The van der Waals surface area contributed by atoms with Gasteiger partial charge in [0.1, 0.15) is 11.8 Å². The van der Waals surface area contributed by atoms with Crippen LogP contribution in [-0.4, -0.2) is 50.5 Å². The number of nitrogens with zero attached hydrogens (tertiary/aromatic N) is 2. The van der Waals surface area contributed by atoms with Crippen molar-refractivity contribution < 1.29 is 9.47 Å². The lowest BCUT2D eigenvalue weighted by Gasteiger charge is -2.31. The lowest BCUT2D eigenvalue weighted by Crippen LogP contribution is -2.38. The average Bonchev–Trinajstić information content (AvgIpc) is 2.51. The van der Waals surface area contributed by atoms with Gasteiger partial charge in [0, 0.05) is 23.8 Å². The molecule has 0 atom stereocenters. The third-order valence-corrected chi connectivity index (χ3v) is 4.15. The van der Waals surface area contributed by atoms with Gasteiger partial charge in [-0.05, 0) is 47.9 Å². The lowest BCUT2D eigenvalue weighted by molar-refractivity contribution is 0.121. The summed E-state index contributed by atoms with van der Waals surface area (Å²) in [6.07, 6.45) is 4.16. The van der Waals surface area contributed by atoms with Crippen LogP contribution in [0, 0.1) is 0 Å². The van der Waals surface area contributed by atoms with Gasteiger partial charge in [0.25, 0.3) is 0 Å². The molecule has 6 heteroatoms. The average molecular weight is 342 g/mol. The smallest absolute Gasteiger partial charge is 0.237 e. The topological polar surface area (TPSA) is 46.6 Å². The summed E-state index contributed by atoms with van der Waals surface area (Å²) in [4.78, 5) is 6.76. The Morgan fingerprint density at radius 3 is 2.80 bits per heavy atom. The molecule has 2 aliphatic heterocycles. The third kappa shape index (κ3) is 3.42. The SMILES string of the molecule is Brc1cnc(OC2CCNCC2)c(N2CCOCC2)c1. The fraction of sp³-hybridized carbons (Fsp3) is 0.643. The van der Waals surface area contributed by atoms with Crippen LogP contribution in [0.3, 0.4) is 0 Å². The summed E-state index contributed by atoms with van der Waals surface area (Å²) in [5.41, 5.74) is 1.07. The van der Waals surface area contributed by atoms with Crippen LogP contribution in [0.4, 0.5) is 5.69 Å². The molecule has 0 unspecified atom stereocenters. The zero-order valence-corrected chi connectivity index (χ0v) is 13.1. The maximum absolute atomic E-state index is 6.14. The first-order valence-corrected chi connectivity index (χ1v) is 7.98. The normalized spacial score (nSPS) is 20.9. The molecule has 0 spiro atoms. The monoisotopic (exact) mass is 341 g/mol. The van der Waals surface area contributed by atoms with E-state index in [1.54, 1.807) is 6.20 Å². The van der Waals surface area contributed by atoms with Crippen LogP contribution >= 0.6 is 15.9 Å². The molecule has 2 fully saturated rings. The van der Waals surface area contributed by atoms with Crippen molar-refractivity contribution in [1.29, 1.82) is 0 Å². The van der Waals surface area contributed by atoms with Crippen LogP contribution in [0.25, 0.3) is 0 Å². The van der Waals surface area contributed by atoms with E-state index < -0.39 is 0 Å². The minimum Gasteiger partial charge on any atom is -0.473 e. The molecule has 2 saturated heterocycles. The molecule has 3 rings (SSSR count). The number of pyridine rings is 1. The Morgan fingerprint density at radius 1 is 1.30 bits per heavy atom. The fourth-order valence-corrected chi connectivity index (χ4v) is 2.93. The molecule has 0 amide bonds. The second-order valence-corrected chi connectivity index (χ2v) is 6.06. The standard InChI is InChI=1S/C14H20BrN3O2/c15-11-9-13(18-5-7-19-8-6-18)14(17-10-11)20-12-1-3-16-4-2-12/h9-10,12,16H,1-8H2. The van der Waals surface area contributed by atoms with Gasteiger partial charge < -0.3 is 19.7 Å². The number of hydrogen-bond donors (Lipinski definition) is 1. The molecule has 0 saturated carbocycles. The molecule has 1 aromatic rings. The van der Waals surface area contributed by atoms with E-state index in [9.17, 15) is 0 Å². The van der Waals surface area contributed by atoms with Gasteiger partial charge in [-0.25, -0.2) is 4.98 Å². The van der Waals surface area contributed by atoms with E-state index in [2.05, 4.69) is 37.2 Å². The van der Waals surface area contributed by atoms with Crippen molar-refractivity contribution in [3.63, 3.8) is 0 Å². The molecule has 5 nitrogen and oxygen atoms in total. The summed E-state index contributed by atoms with van der Waals surface area (Å²) in [5.74, 6) is 0.752. The number of anilines is 1. The Bertz CT molecular complexity index is 446. The van der Waals surface area contributed by atoms with Gasteiger partial charge in [0.2, 0.25) is 5.88 Å². The number of hydrogen-bond acceptors (Lipinski definition) is 5. The lowest BCUT2D eigenvalue weighted by atomic mass is 10.1. The van der Waals surface area contributed by atoms with E-state index in [0.29, 0.717) is 0 Å². The number of rotatable bonds is 3. The Kier molecular flexibility index (Phi) is 4.75. The summed E-state index contributed by atoms with van der Waals surface area (Å²) < 4.78 is 12.5. The Morgan fingerprint density at radius 2 is 2.05 bits per heavy atom. The third-order valence-electron chi connectivity index (χ3n) is 3.72. The summed E-state index contributed by atoms with van der Waals surface area (Å²) in [7, 11) is 0. The highest BCUT2D eigenvalue weighted by atomic mass is 79.9. The van der Waals surface area contributed by atoms with Crippen LogP contribution in [0.15, 0.2) is 16.7 Å². The molecule has 1 N–H and O–H groups in total. The molecule has 0 aromatic carbocycles. The first kappa shape index (κ1) is 14.1. The molecule has 110 valence electrons. The highest BCUT2D eigenvalue weighted by molar-refractivity contribution is 9.10. The van der Waals surface area contributed by atoms with Gasteiger partial charge in [-0.2, -0.15) is 0 Å². The van der Waals surface area contributed by atoms with E-state index in [-0.39, 0.29) is 6.10 Å². The molecule has 1 aromatic heterocycles. The number of aromatic nitrogens is 1. The molecular formula is C14H20BrN3O2. The molecule has 3 heterocycles. The van der Waals surface area contributed by atoms with E-state index in [0.717, 1.165) is 68.3 Å². The van der Waals surface area contributed by atoms with Gasteiger partial charge in [-0.1, -0.05) is 0 Å². The zero-order chi connectivity index (χ0) is 13.8. The summed E-state index contributed by atoms with van der Waals surface area (Å²) in [5, 5.41) is 3.35. The van der Waals surface area contributed by atoms with E-state index >= 15 is 0 Å². The largest absolute Gasteiger partial charge is 0.473 e. The first-order chi connectivity index (χ1) is 9.83. The second kappa shape index (κ2) is 6.74. The highest BCUT2D eigenvalue weighted by Crippen LogP contribution is 2.31. The summed E-state index contributed by atoms with van der Waals surface area (Å²) >= 11 is 3.50. The quantitative estimate of drug-likeness (QED) is 0.908. The number of nitrogens with one attached hydrogen (secondary N) is 1. The first-order valence-electron chi connectivity index (χ1n) is 7.18. The maximum Gasteiger partial charge on any atom is 0.237 e. The second-order valence-electron chi connectivity index (χ2n) is 5.14. The maximum atomic E-state index is 6.14. The Hall–Kier alpha value is -0.850.